The normalized spacial score (nSPS) is 15.6. The highest BCUT2D eigenvalue weighted by Crippen LogP contribution is 2.11. The molecule has 0 aromatic heterocycles. The number of nitrogens with zero attached hydrogens (tertiary/aromatic N) is 3. The molecule has 0 bridgehead atoms. The fourth-order valence-corrected chi connectivity index (χ4v) is 3.14. The quantitative estimate of drug-likeness (QED) is 0.630. The number of benzene rings is 2. The lowest BCUT2D eigenvalue weighted by Crippen LogP contribution is -2.36. The van der Waals surface area contributed by atoms with Crippen LogP contribution >= 0.6 is 0 Å². The van der Waals surface area contributed by atoms with Gasteiger partial charge in [-0.25, -0.2) is 4.99 Å². The predicted molar refractivity (Wildman–Crippen MR) is 111 cm³/mol. The standard InChI is InChI=1S/C22H30N4O/c1-25(2)22(23-16-19-7-4-3-5-8-19)24-17-20-9-6-10-21(15-20)18-26-11-13-27-14-12-26/h3-10,15H,11-14,16-18H2,1-2H3,(H,23,24). The summed E-state index contributed by atoms with van der Waals surface area (Å²) in [7, 11) is 4.04. The maximum atomic E-state index is 5.43. The first kappa shape index (κ1) is 19.4. The van der Waals surface area contributed by atoms with E-state index in [1.54, 1.807) is 0 Å². The second kappa shape index (κ2) is 10.1. The Morgan fingerprint density at radius 3 is 2.44 bits per heavy atom. The van der Waals surface area contributed by atoms with E-state index in [1.807, 2.05) is 25.1 Å². The number of aliphatic imine (C=N–C) groups is 1. The van der Waals surface area contributed by atoms with Crippen LogP contribution < -0.4 is 5.32 Å². The molecule has 0 amide bonds. The van der Waals surface area contributed by atoms with Crippen LogP contribution in [-0.2, 0) is 24.4 Å². The lowest BCUT2D eigenvalue weighted by molar-refractivity contribution is 0.0342. The van der Waals surface area contributed by atoms with Crippen LogP contribution in [0.5, 0.6) is 0 Å². The summed E-state index contributed by atoms with van der Waals surface area (Å²) in [4.78, 5) is 9.27. The Hall–Kier alpha value is -2.37. The molecule has 2 aromatic carbocycles. The molecule has 0 aliphatic carbocycles. The molecule has 27 heavy (non-hydrogen) atoms. The summed E-state index contributed by atoms with van der Waals surface area (Å²) in [5.41, 5.74) is 3.83. The average Bonchev–Trinajstić information content (AvgIpc) is 2.69. The number of ether oxygens (including phenoxy) is 1. The largest absolute Gasteiger partial charge is 0.379 e. The number of guanidine groups is 1. The topological polar surface area (TPSA) is 40.1 Å². The molecule has 5 nitrogen and oxygen atoms in total. The number of rotatable bonds is 6. The van der Waals surface area contributed by atoms with Crippen LogP contribution in [0.25, 0.3) is 0 Å². The molecule has 2 aromatic rings. The smallest absolute Gasteiger partial charge is 0.194 e. The monoisotopic (exact) mass is 366 g/mol. The molecule has 0 saturated carbocycles. The van der Waals surface area contributed by atoms with Crippen molar-refractivity contribution in [2.75, 3.05) is 40.4 Å². The van der Waals surface area contributed by atoms with Crippen LogP contribution in [0.2, 0.25) is 0 Å². The van der Waals surface area contributed by atoms with Crippen molar-refractivity contribution >= 4 is 5.96 Å². The summed E-state index contributed by atoms with van der Waals surface area (Å²) in [5.74, 6) is 0.900. The molecular weight excluding hydrogens is 336 g/mol. The Bertz CT molecular complexity index is 724. The van der Waals surface area contributed by atoms with Gasteiger partial charge in [0.2, 0.25) is 0 Å². The Labute approximate surface area is 162 Å². The Balaban J connectivity index is 1.59. The molecular formula is C22H30N4O. The van der Waals surface area contributed by atoms with Crippen molar-refractivity contribution in [1.29, 1.82) is 0 Å². The van der Waals surface area contributed by atoms with Gasteiger partial charge in [0.05, 0.1) is 19.8 Å². The van der Waals surface area contributed by atoms with Gasteiger partial charge >= 0.3 is 0 Å². The molecule has 1 heterocycles. The van der Waals surface area contributed by atoms with Crippen molar-refractivity contribution in [3.8, 4) is 0 Å². The van der Waals surface area contributed by atoms with E-state index in [1.165, 1.54) is 16.7 Å². The van der Waals surface area contributed by atoms with E-state index in [2.05, 4.69) is 58.7 Å². The van der Waals surface area contributed by atoms with Crippen LogP contribution in [0.1, 0.15) is 16.7 Å². The maximum Gasteiger partial charge on any atom is 0.194 e. The molecule has 1 N–H and O–H groups in total. The number of nitrogens with one attached hydrogen (secondary N) is 1. The molecule has 5 heteroatoms. The molecule has 3 rings (SSSR count). The third kappa shape index (κ3) is 6.38. The fraction of sp³-hybridized carbons (Fsp3) is 0.409. The highest BCUT2D eigenvalue weighted by Gasteiger charge is 2.10. The molecule has 0 unspecified atom stereocenters. The second-order valence-corrected chi connectivity index (χ2v) is 7.08. The maximum absolute atomic E-state index is 5.43. The molecule has 1 fully saturated rings. The van der Waals surface area contributed by atoms with E-state index < -0.39 is 0 Å². The molecule has 1 aliphatic rings. The molecule has 144 valence electrons. The van der Waals surface area contributed by atoms with Crippen LogP contribution in [-0.4, -0.2) is 56.2 Å². The highest BCUT2D eigenvalue weighted by molar-refractivity contribution is 5.79. The van der Waals surface area contributed by atoms with Crippen molar-refractivity contribution in [3.63, 3.8) is 0 Å². The lowest BCUT2D eigenvalue weighted by Gasteiger charge is -2.26. The van der Waals surface area contributed by atoms with Crippen molar-refractivity contribution < 1.29 is 4.74 Å². The first-order chi connectivity index (χ1) is 13.2. The van der Waals surface area contributed by atoms with Gasteiger partial charge in [-0.1, -0.05) is 54.6 Å². The average molecular weight is 367 g/mol. The van der Waals surface area contributed by atoms with E-state index in [9.17, 15) is 0 Å². The molecule has 1 aliphatic heterocycles. The van der Waals surface area contributed by atoms with Gasteiger partial charge in [0, 0.05) is 40.3 Å². The van der Waals surface area contributed by atoms with E-state index in [4.69, 9.17) is 9.73 Å². The second-order valence-electron chi connectivity index (χ2n) is 7.08. The van der Waals surface area contributed by atoms with E-state index >= 15 is 0 Å². The molecule has 0 radical (unpaired) electrons. The van der Waals surface area contributed by atoms with Gasteiger partial charge in [-0.05, 0) is 16.7 Å². The predicted octanol–water partition coefficient (Wildman–Crippen LogP) is 2.73. The SMILES string of the molecule is CN(C)C(=NCc1cccc(CN2CCOCC2)c1)NCc1ccccc1. The third-order valence-electron chi connectivity index (χ3n) is 4.63. The van der Waals surface area contributed by atoms with Crippen LogP contribution in [0.4, 0.5) is 0 Å². The first-order valence-electron chi connectivity index (χ1n) is 9.58. The van der Waals surface area contributed by atoms with Crippen molar-refractivity contribution in [1.82, 2.24) is 15.1 Å². The zero-order valence-corrected chi connectivity index (χ0v) is 16.4. The van der Waals surface area contributed by atoms with Gasteiger partial charge in [0.15, 0.2) is 5.96 Å². The van der Waals surface area contributed by atoms with Gasteiger partial charge in [-0.3, -0.25) is 4.90 Å². The van der Waals surface area contributed by atoms with Crippen LogP contribution in [0.3, 0.4) is 0 Å². The van der Waals surface area contributed by atoms with Gasteiger partial charge in [0.1, 0.15) is 0 Å². The molecule has 1 saturated heterocycles. The number of hydrogen-bond donors (Lipinski definition) is 1. The van der Waals surface area contributed by atoms with Crippen LogP contribution in [0.15, 0.2) is 59.6 Å². The van der Waals surface area contributed by atoms with Crippen LogP contribution in [0, 0.1) is 0 Å². The van der Waals surface area contributed by atoms with Crippen molar-refractivity contribution in [2.24, 2.45) is 4.99 Å². The Kier molecular flexibility index (Phi) is 7.25. The Morgan fingerprint density at radius 2 is 1.70 bits per heavy atom. The summed E-state index contributed by atoms with van der Waals surface area (Å²) in [6.45, 7) is 6.12. The van der Waals surface area contributed by atoms with Crippen molar-refractivity contribution in [2.45, 2.75) is 19.6 Å². The number of morpholine rings is 1. The van der Waals surface area contributed by atoms with E-state index in [-0.39, 0.29) is 0 Å². The summed E-state index contributed by atoms with van der Waals surface area (Å²) >= 11 is 0. The third-order valence-corrected chi connectivity index (χ3v) is 4.63. The highest BCUT2D eigenvalue weighted by atomic mass is 16.5. The van der Waals surface area contributed by atoms with E-state index in [0.717, 1.165) is 45.4 Å². The van der Waals surface area contributed by atoms with Crippen molar-refractivity contribution in [3.05, 3.63) is 71.3 Å². The fourth-order valence-electron chi connectivity index (χ4n) is 3.14. The minimum atomic E-state index is 0.673. The summed E-state index contributed by atoms with van der Waals surface area (Å²) < 4.78 is 5.43. The van der Waals surface area contributed by atoms with Gasteiger partial charge < -0.3 is 15.0 Å². The van der Waals surface area contributed by atoms with Gasteiger partial charge in [-0.2, -0.15) is 0 Å². The molecule has 0 spiro atoms. The first-order valence-corrected chi connectivity index (χ1v) is 9.58. The molecule has 0 atom stereocenters. The summed E-state index contributed by atoms with van der Waals surface area (Å²) in [5, 5.41) is 3.44. The lowest BCUT2D eigenvalue weighted by atomic mass is 10.1. The Morgan fingerprint density at radius 1 is 1.00 bits per heavy atom. The van der Waals surface area contributed by atoms with E-state index in [0.29, 0.717) is 6.54 Å². The summed E-state index contributed by atoms with van der Waals surface area (Å²) in [6.07, 6.45) is 0. The minimum absolute atomic E-state index is 0.673. The minimum Gasteiger partial charge on any atom is -0.379 e. The zero-order chi connectivity index (χ0) is 18.9. The number of hydrogen-bond acceptors (Lipinski definition) is 3. The van der Waals surface area contributed by atoms with Gasteiger partial charge in [-0.15, -0.1) is 0 Å². The summed E-state index contributed by atoms with van der Waals surface area (Å²) in [6, 6.07) is 19.1. The zero-order valence-electron chi connectivity index (χ0n) is 16.4. The van der Waals surface area contributed by atoms with Gasteiger partial charge in [0.25, 0.3) is 0 Å².